The van der Waals surface area contributed by atoms with E-state index in [4.69, 9.17) is 20.3 Å². The van der Waals surface area contributed by atoms with Gasteiger partial charge in [-0.15, -0.1) is 0 Å². The quantitative estimate of drug-likeness (QED) is 0.760. The Labute approximate surface area is 89.6 Å². The van der Waals surface area contributed by atoms with Crippen LogP contribution in [0.4, 0.5) is 0 Å². The molecule has 0 fully saturated rings. The van der Waals surface area contributed by atoms with Gasteiger partial charge in [-0.2, -0.15) is 0 Å². The molecule has 0 spiro atoms. The maximum absolute atomic E-state index is 9.09. The number of benzene rings is 1. The lowest BCUT2D eigenvalue weighted by Crippen LogP contribution is -2.13. The van der Waals surface area contributed by atoms with Crippen molar-refractivity contribution in [2.45, 2.75) is 19.6 Å². The Morgan fingerprint density at radius 1 is 1.40 bits per heavy atom. The van der Waals surface area contributed by atoms with E-state index < -0.39 is 6.10 Å². The molecule has 0 heterocycles. The molecule has 3 N–H and O–H groups in total. The van der Waals surface area contributed by atoms with Crippen LogP contribution in [-0.2, 0) is 6.54 Å². The summed E-state index contributed by atoms with van der Waals surface area (Å²) < 4.78 is 10.5. The summed E-state index contributed by atoms with van der Waals surface area (Å²) in [6.07, 6.45) is -0.496. The van der Waals surface area contributed by atoms with Gasteiger partial charge in [-0.1, -0.05) is 6.07 Å². The molecule has 4 heteroatoms. The maximum Gasteiger partial charge on any atom is 0.161 e. The molecule has 0 radical (unpaired) electrons. The van der Waals surface area contributed by atoms with E-state index in [2.05, 4.69) is 0 Å². The van der Waals surface area contributed by atoms with Crippen LogP contribution in [0.5, 0.6) is 11.5 Å². The average molecular weight is 211 g/mol. The van der Waals surface area contributed by atoms with E-state index in [1.165, 1.54) is 0 Å². The Bertz CT molecular complexity index is 313. The normalized spacial score (nSPS) is 12.3. The lowest BCUT2D eigenvalue weighted by atomic mass is 10.2. The number of methoxy groups -OCH3 is 1. The van der Waals surface area contributed by atoms with Crippen LogP contribution in [0.3, 0.4) is 0 Å². The molecule has 15 heavy (non-hydrogen) atoms. The van der Waals surface area contributed by atoms with Gasteiger partial charge >= 0.3 is 0 Å². The number of ether oxygens (including phenoxy) is 2. The van der Waals surface area contributed by atoms with Crippen molar-refractivity contribution < 1.29 is 14.6 Å². The fourth-order valence-corrected chi connectivity index (χ4v) is 1.17. The molecule has 0 amide bonds. The first-order valence-corrected chi connectivity index (χ1v) is 4.85. The average Bonchev–Trinajstić information content (AvgIpc) is 2.25. The molecule has 0 aliphatic heterocycles. The Hall–Kier alpha value is -1.26. The zero-order chi connectivity index (χ0) is 11.3. The van der Waals surface area contributed by atoms with Crippen LogP contribution in [0.2, 0.25) is 0 Å². The molecule has 1 atom stereocenters. The number of aliphatic hydroxyl groups excluding tert-OH is 1. The molecule has 84 valence electrons. The third-order valence-corrected chi connectivity index (χ3v) is 1.94. The van der Waals surface area contributed by atoms with Crippen molar-refractivity contribution in [3.05, 3.63) is 23.8 Å². The molecule has 1 aromatic carbocycles. The zero-order valence-corrected chi connectivity index (χ0v) is 9.06. The molecule has 1 unspecified atom stereocenters. The number of hydrogen-bond acceptors (Lipinski definition) is 4. The lowest BCUT2D eigenvalue weighted by molar-refractivity contribution is 0.120. The first-order valence-electron chi connectivity index (χ1n) is 4.85. The maximum atomic E-state index is 9.09. The Morgan fingerprint density at radius 2 is 2.13 bits per heavy atom. The van der Waals surface area contributed by atoms with Gasteiger partial charge < -0.3 is 20.3 Å². The number of rotatable bonds is 5. The van der Waals surface area contributed by atoms with Crippen LogP contribution in [0.25, 0.3) is 0 Å². The highest BCUT2D eigenvalue weighted by Gasteiger charge is 2.06. The summed E-state index contributed by atoms with van der Waals surface area (Å²) in [6, 6.07) is 5.50. The lowest BCUT2D eigenvalue weighted by Gasteiger charge is -2.12. The summed E-state index contributed by atoms with van der Waals surface area (Å²) in [6.45, 7) is 2.38. The largest absolute Gasteiger partial charge is 0.493 e. The van der Waals surface area contributed by atoms with Gasteiger partial charge in [-0.05, 0) is 24.6 Å². The fraction of sp³-hybridized carbons (Fsp3) is 0.455. The highest BCUT2D eigenvalue weighted by molar-refractivity contribution is 5.42. The second kappa shape index (κ2) is 5.58. The highest BCUT2D eigenvalue weighted by Crippen LogP contribution is 2.27. The van der Waals surface area contributed by atoms with Gasteiger partial charge in [0, 0.05) is 6.54 Å². The first-order chi connectivity index (χ1) is 7.17. The molecule has 1 aromatic rings. The Morgan fingerprint density at radius 3 is 2.67 bits per heavy atom. The molecule has 0 bridgehead atoms. The minimum Gasteiger partial charge on any atom is -0.493 e. The van der Waals surface area contributed by atoms with Gasteiger partial charge in [0.25, 0.3) is 0 Å². The monoisotopic (exact) mass is 211 g/mol. The van der Waals surface area contributed by atoms with E-state index in [-0.39, 0.29) is 6.61 Å². The van der Waals surface area contributed by atoms with Crippen LogP contribution < -0.4 is 15.2 Å². The van der Waals surface area contributed by atoms with E-state index in [1.807, 2.05) is 12.1 Å². The topological polar surface area (TPSA) is 64.7 Å². The standard InChI is InChI=1S/C11H17NO3/c1-8(13)7-15-10-4-3-9(6-12)5-11(10)14-2/h3-5,8,13H,6-7,12H2,1-2H3. The highest BCUT2D eigenvalue weighted by atomic mass is 16.5. The van der Waals surface area contributed by atoms with Crippen molar-refractivity contribution in [3.63, 3.8) is 0 Å². The van der Waals surface area contributed by atoms with Crippen LogP contribution >= 0.6 is 0 Å². The molecular weight excluding hydrogens is 194 g/mol. The van der Waals surface area contributed by atoms with Gasteiger partial charge in [0.15, 0.2) is 11.5 Å². The Kier molecular flexibility index (Phi) is 4.39. The van der Waals surface area contributed by atoms with Gasteiger partial charge in [-0.25, -0.2) is 0 Å². The van der Waals surface area contributed by atoms with Crippen molar-refractivity contribution in [1.82, 2.24) is 0 Å². The first kappa shape index (κ1) is 11.8. The van der Waals surface area contributed by atoms with E-state index >= 15 is 0 Å². The molecule has 0 aliphatic rings. The predicted octanol–water partition coefficient (Wildman–Crippen LogP) is 0.914. The van der Waals surface area contributed by atoms with E-state index in [1.54, 1.807) is 20.1 Å². The van der Waals surface area contributed by atoms with E-state index in [9.17, 15) is 0 Å². The van der Waals surface area contributed by atoms with E-state index in [0.717, 1.165) is 5.56 Å². The summed E-state index contributed by atoms with van der Waals surface area (Å²) >= 11 is 0. The second-order valence-corrected chi connectivity index (χ2v) is 3.35. The number of hydrogen-bond donors (Lipinski definition) is 2. The molecule has 0 aliphatic carbocycles. The number of aliphatic hydroxyl groups is 1. The molecule has 0 aromatic heterocycles. The third kappa shape index (κ3) is 3.42. The Balaban J connectivity index is 2.78. The third-order valence-electron chi connectivity index (χ3n) is 1.94. The van der Waals surface area contributed by atoms with Gasteiger partial charge in [0.05, 0.1) is 13.2 Å². The molecule has 4 nitrogen and oxygen atoms in total. The minimum atomic E-state index is -0.496. The smallest absolute Gasteiger partial charge is 0.161 e. The SMILES string of the molecule is COc1cc(CN)ccc1OCC(C)O. The van der Waals surface area contributed by atoms with Crippen LogP contribution in [0.15, 0.2) is 18.2 Å². The molecule has 1 rings (SSSR count). The zero-order valence-electron chi connectivity index (χ0n) is 9.06. The van der Waals surface area contributed by atoms with Crippen molar-refractivity contribution in [3.8, 4) is 11.5 Å². The molecule has 0 saturated carbocycles. The fourth-order valence-electron chi connectivity index (χ4n) is 1.17. The second-order valence-electron chi connectivity index (χ2n) is 3.35. The van der Waals surface area contributed by atoms with Crippen LogP contribution in [0.1, 0.15) is 12.5 Å². The van der Waals surface area contributed by atoms with E-state index in [0.29, 0.717) is 18.0 Å². The van der Waals surface area contributed by atoms with Gasteiger partial charge in [0.1, 0.15) is 6.61 Å². The summed E-state index contributed by atoms with van der Waals surface area (Å²) in [7, 11) is 1.57. The van der Waals surface area contributed by atoms with Crippen molar-refractivity contribution in [2.24, 2.45) is 5.73 Å². The predicted molar refractivity (Wildman–Crippen MR) is 58.1 cm³/mol. The molecule has 0 saturated heterocycles. The van der Waals surface area contributed by atoms with Crippen molar-refractivity contribution in [2.75, 3.05) is 13.7 Å². The molecular formula is C11H17NO3. The van der Waals surface area contributed by atoms with Gasteiger partial charge in [-0.3, -0.25) is 0 Å². The van der Waals surface area contributed by atoms with Crippen LogP contribution in [-0.4, -0.2) is 24.9 Å². The van der Waals surface area contributed by atoms with Gasteiger partial charge in [0.2, 0.25) is 0 Å². The summed E-state index contributed by atoms with van der Waals surface area (Å²) in [4.78, 5) is 0. The minimum absolute atomic E-state index is 0.248. The van der Waals surface area contributed by atoms with Crippen molar-refractivity contribution >= 4 is 0 Å². The van der Waals surface area contributed by atoms with Crippen molar-refractivity contribution in [1.29, 1.82) is 0 Å². The summed E-state index contributed by atoms with van der Waals surface area (Å²) in [5, 5.41) is 9.09. The summed E-state index contributed by atoms with van der Waals surface area (Å²) in [5.74, 6) is 1.26. The number of nitrogens with two attached hydrogens (primary N) is 1. The van der Waals surface area contributed by atoms with Crippen LogP contribution in [0, 0.1) is 0 Å². The summed E-state index contributed by atoms with van der Waals surface area (Å²) in [5.41, 5.74) is 6.49.